The molecule has 1 aromatic carbocycles. The van der Waals surface area contributed by atoms with Crippen molar-refractivity contribution in [3.8, 4) is 5.75 Å². The van der Waals surface area contributed by atoms with Crippen LogP contribution in [0, 0.1) is 13.8 Å². The van der Waals surface area contributed by atoms with Crippen molar-refractivity contribution < 1.29 is 9.53 Å². The molecule has 0 unspecified atom stereocenters. The lowest BCUT2D eigenvalue weighted by molar-refractivity contribution is -0.115. The number of fused-ring (bicyclic) bond motifs is 1. The fraction of sp³-hybridized carbons (Fsp3) is 0.250. The minimum absolute atomic E-state index is 0.138. The minimum atomic E-state index is -0.138. The molecule has 0 aliphatic carbocycles. The number of aryl methyl sites for hydroxylation is 2. The summed E-state index contributed by atoms with van der Waals surface area (Å²) in [6.45, 7) is 3.71. The van der Waals surface area contributed by atoms with Gasteiger partial charge in [-0.15, -0.1) is 5.10 Å². The van der Waals surface area contributed by atoms with Gasteiger partial charge in [-0.3, -0.25) is 4.79 Å². The Bertz CT molecular complexity index is 901. The number of amides is 1. The Morgan fingerprint density at radius 1 is 1.25 bits per heavy atom. The summed E-state index contributed by atoms with van der Waals surface area (Å²) in [7, 11) is 1.60. The van der Waals surface area contributed by atoms with Crippen molar-refractivity contribution in [2.75, 3.05) is 18.2 Å². The molecule has 0 atom stereocenters. The van der Waals surface area contributed by atoms with E-state index in [2.05, 4.69) is 20.4 Å². The Morgan fingerprint density at radius 2 is 1.96 bits per heavy atom. The zero-order chi connectivity index (χ0) is 17.3. The number of carbonyl (C=O) groups is 1. The molecular formula is C16H18N6O2. The predicted molar refractivity (Wildman–Crippen MR) is 90.0 cm³/mol. The maximum absolute atomic E-state index is 12.3. The number of carbonyl (C=O) groups excluding carboxylic acids is 1. The van der Waals surface area contributed by atoms with Gasteiger partial charge >= 0.3 is 0 Å². The van der Waals surface area contributed by atoms with Crippen LogP contribution >= 0.6 is 0 Å². The highest BCUT2D eigenvalue weighted by Crippen LogP contribution is 2.17. The molecule has 24 heavy (non-hydrogen) atoms. The molecular weight excluding hydrogens is 308 g/mol. The second-order valence-electron chi connectivity index (χ2n) is 5.40. The van der Waals surface area contributed by atoms with Crippen LogP contribution in [0.5, 0.6) is 5.75 Å². The first-order chi connectivity index (χ1) is 11.5. The summed E-state index contributed by atoms with van der Waals surface area (Å²) in [5.41, 5.74) is 8.65. The number of nitrogens with zero attached hydrogens (tertiary/aromatic N) is 4. The van der Waals surface area contributed by atoms with E-state index in [1.54, 1.807) is 35.9 Å². The van der Waals surface area contributed by atoms with Crippen LogP contribution in [0.15, 0.2) is 24.3 Å². The lowest BCUT2D eigenvalue weighted by Crippen LogP contribution is -2.17. The molecule has 2 heterocycles. The molecule has 8 heteroatoms. The number of ether oxygens (including phenoxy) is 1. The van der Waals surface area contributed by atoms with E-state index < -0.39 is 0 Å². The van der Waals surface area contributed by atoms with Crippen molar-refractivity contribution in [2.24, 2.45) is 0 Å². The van der Waals surface area contributed by atoms with E-state index in [1.165, 1.54) is 0 Å². The van der Waals surface area contributed by atoms with E-state index in [9.17, 15) is 4.79 Å². The second-order valence-corrected chi connectivity index (χ2v) is 5.40. The van der Waals surface area contributed by atoms with Crippen LogP contribution in [0.2, 0.25) is 0 Å². The van der Waals surface area contributed by atoms with Crippen LogP contribution in [0.3, 0.4) is 0 Å². The molecule has 0 saturated heterocycles. The Labute approximate surface area is 138 Å². The SMILES string of the molecule is COc1ccc(NC(=O)Cc2c(C)nc3nc(N)nn3c2C)cc1. The number of nitrogens with one attached hydrogen (secondary N) is 1. The zero-order valence-corrected chi connectivity index (χ0v) is 13.7. The molecule has 3 aromatic rings. The van der Waals surface area contributed by atoms with Gasteiger partial charge in [-0.1, -0.05) is 0 Å². The summed E-state index contributed by atoms with van der Waals surface area (Å²) in [5, 5.41) is 6.96. The number of hydrogen-bond acceptors (Lipinski definition) is 6. The van der Waals surface area contributed by atoms with Crippen LogP contribution < -0.4 is 15.8 Å². The van der Waals surface area contributed by atoms with Gasteiger partial charge in [-0.05, 0) is 38.1 Å². The van der Waals surface area contributed by atoms with Crippen LogP contribution in [0.4, 0.5) is 11.6 Å². The van der Waals surface area contributed by atoms with Gasteiger partial charge in [0.1, 0.15) is 5.75 Å². The number of nitrogens with two attached hydrogens (primary N) is 1. The maximum Gasteiger partial charge on any atom is 0.254 e. The molecule has 0 fully saturated rings. The number of benzene rings is 1. The Morgan fingerprint density at radius 3 is 2.62 bits per heavy atom. The second kappa shape index (κ2) is 6.15. The summed E-state index contributed by atoms with van der Waals surface area (Å²) in [4.78, 5) is 20.7. The average Bonchev–Trinajstić information content (AvgIpc) is 2.92. The Kier molecular flexibility index (Phi) is 4.03. The molecule has 124 valence electrons. The third-order valence-electron chi connectivity index (χ3n) is 3.78. The fourth-order valence-corrected chi connectivity index (χ4v) is 2.52. The van der Waals surface area contributed by atoms with Gasteiger partial charge in [0.25, 0.3) is 5.78 Å². The number of aromatic nitrogens is 4. The highest BCUT2D eigenvalue weighted by Gasteiger charge is 2.15. The van der Waals surface area contributed by atoms with Gasteiger partial charge in [-0.2, -0.15) is 9.50 Å². The quantitative estimate of drug-likeness (QED) is 0.752. The highest BCUT2D eigenvalue weighted by atomic mass is 16.5. The standard InChI is InChI=1S/C16H18N6O2/c1-9-13(10(2)22-16(18-9)20-15(17)21-22)8-14(23)19-11-4-6-12(24-3)7-5-11/h4-7H,8H2,1-3H3,(H2,17,21)(H,19,23). The molecule has 0 aliphatic heterocycles. The van der Waals surface area contributed by atoms with Crippen molar-refractivity contribution in [1.29, 1.82) is 0 Å². The van der Waals surface area contributed by atoms with Crippen molar-refractivity contribution in [1.82, 2.24) is 19.6 Å². The summed E-state index contributed by atoms with van der Waals surface area (Å²) in [6, 6.07) is 7.15. The zero-order valence-electron chi connectivity index (χ0n) is 13.7. The van der Waals surface area contributed by atoms with Gasteiger partial charge < -0.3 is 15.8 Å². The van der Waals surface area contributed by atoms with Gasteiger partial charge in [0.15, 0.2) is 0 Å². The fourth-order valence-electron chi connectivity index (χ4n) is 2.52. The van der Waals surface area contributed by atoms with E-state index in [0.717, 1.165) is 22.7 Å². The summed E-state index contributed by atoms with van der Waals surface area (Å²) < 4.78 is 6.65. The van der Waals surface area contributed by atoms with Crippen LogP contribution in [-0.2, 0) is 11.2 Å². The van der Waals surface area contributed by atoms with Crippen LogP contribution in [-0.4, -0.2) is 32.6 Å². The van der Waals surface area contributed by atoms with E-state index in [0.29, 0.717) is 11.5 Å². The molecule has 1 amide bonds. The number of methoxy groups -OCH3 is 1. The molecule has 0 saturated carbocycles. The molecule has 8 nitrogen and oxygen atoms in total. The largest absolute Gasteiger partial charge is 0.497 e. The summed E-state index contributed by atoms with van der Waals surface area (Å²) in [5.74, 6) is 1.19. The Hall–Kier alpha value is -3.16. The van der Waals surface area contributed by atoms with Gasteiger partial charge in [-0.25, -0.2) is 4.98 Å². The van der Waals surface area contributed by atoms with E-state index in [1.807, 2.05) is 13.8 Å². The van der Waals surface area contributed by atoms with Gasteiger partial charge in [0, 0.05) is 22.6 Å². The topological polar surface area (TPSA) is 107 Å². The van der Waals surface area contributed by atoms with Gasteiger partial charge in [0.2, 0.25) is 11.9 Å². The number of hydrogen-bond donors (Lipinski definition) is 2. The van der Waals surface area contributed by atoms with Crippen molar-refractivity contribution in [3.63, 3.8) is 0 Å². The van der Waals surface area contributed by atoms with E-state index in [4.69, 9.17) is 10.5 Å². The molecule has 2 aromatic heterocycles. The normalized spacial score (nSPS) is 10.8. The molecule has 0 radical (unpaired) electrons. The average molecular weight is 326 g/mol. The monoisotopic (exact) mass is 326 g/mol. The van der Waals surface area contributed by atoms with E-state index in [-0.39, 0.29) is 18.3 Å². The third-order valence-corrected chi connectivity index (χ3v) is 3.78. The number of rotatable bonds is 4. The van der Waals surface area contributed by atoms with Gasteiger partial charge in [0.05, 0.1) is 13.5 Å². The van der Waals surface area contributed by atoms with Crippen molar-refractivity contribution in [2.45, 2.75) is 20.3 Å². The Balaban J connectivity index is 1.81. The van der Waals surface area contributed by atoms with E-state index >= 15 is 0 Å². The molecule has 0 aliphatic rings. The lowest BCUT2D eigenvalue weighted by atomic mass is 10.1. The molecule has 0 spiro atoms. The molecule has 0 bridgehead atoms. The maximum atomic E-state index is 12.3. The number of nitrogen functional groups attached to an aromatic ring is 1. The van der Waals surface area contributed by atoms with Crippen LogP contribution in [0.1, 0.15) is 17.0 Å². The first kappa shape index (κ1) is 15.7. The first-order valence-electron chi connectivity index (χ1n) is 7.40. The highest BCUT2D eigenvalue weighted by molar-refractivity contribution is 5.92. The third kappa shape index (κ3) is 2.98. The summed E-state index contributed by atoms with van der Waals surface area (Å²) in [6.07, 6.45) is 0.187. The van der Waals surface area contributed by atoms with Crippen molar-refractivity contribution >= 4 is 23.3 Å². The smallest absolute Gasteiger partial charge is 0.254 e. The first-order valence-corrected chi connectivity index (χ1v) is 7.40. The molecule has 3 rings (SSSR count). The molecule has 3 N–H and O–H groups in total. The summed E-state index contributed by atoms with van der Waals surface area (Å²) >= 11 is 0. The minimum Gasteiger partial charge on any atom is -0.497 e. The predicted octanol–water partition coefficient (Wildman–Crippen LogP) is 1.51. The van der Waals surface area contributed by atoms with Crippen molar-refractivity contribution in [3.05, 3.63) is 41.2 Å². The lowest BCUT2D eigenvalue weighted by Gasteiger charge is -2.11. The van der Waals surface area contributed by atoms with Crippen LogP contribution in [0.25, 0.3) is 5.78 Å². The number of anilines is 2.